The Morgan fingerprint density at radius 1 is 1.11 bits per heavy atom. The van der Waals surface area contributed by atoms with Crippen LogP contribution < -0.4 is 14.8 Å². The Hall–Kier alpha value is -1.22. The van der Waals surface area contributed by atoms with E-state index >= 15 is 0 Å². The van der Waals surface area contributed by atoms with Crippen LogP contribution in [-0.2, 0) is 5.54 Å². The van der Waals surface area contributed by atoms with Crippen molar-refractivity contribution in [2.75, 3.05) is 19.8 Å². The summed E-state index contributed by atoms with van der Waals surface area (Å²) in [5, 5.41) is 3.76. The highest BCUT2D eigenvalue weighted by Crippen LogP contribution is 2.51. The molecule has 0 amide bonds. The van der Waals surface area contributed by atoms with Crippen molar-refractivity contribution in [1.82, 2.24) is 5.32 Å². The summed E-state index contributed by atoms with van der Waals surface area (Å²) >= 11 is 0. The van der Waals surface area contributed by atoms with Gasteiger partial charge in [0, 0.05) is 5.54 Å². The molecule has 96 valence electrons. The molecule has 18 heavy (non-hydrogen) atoms. The molecule has 0 spiro atoms. The van der Waals surface area contributed by atoms with Gasteiger partial charge in [0.05, 0.1) is 0 Å². The quantitative estimate of drug-likeness (QED) is 0.868. The number of benzene rings is 1. The van der Waals surface area contributed by atoms with Gasteiger partial charge in [-0.25, -0.2) is 0 Å². The zero-order valence-corrected chi connectivity index (χ0v) is 10.6. The first-order valence-corrected chi connectivity index (χ1v) is 7.04. The molecule has 1 atom stereocenters. The van der Waals surface area contributed by atoms with Gasteiger partial charge in [-0.2, -0.15) is 0 Å². The average molecular weight is 245 g/mol. The van der Waals surface area contributed by atoms with Crippen molar-refractivity contribution in [3.05, 3.63) is 23.8 Å². The Labute approximate surface area is 107 Å². The minimum atomic E-state index is 0.218. The number of rotatable bonds is 2. The second-order valence-corrected chi connectivity index (χ2v) is 5.63. The van der Waals surface area contributed by atoms with Crippen LogP contribution in [0.5, 0.6) is 11.5 Å². The molecule has 1 aromatic rings. The van der Waals surface area contributed by atoms with Crippen LogP contribution >= 0.6 is 0 Å². The van der Waals surface area contributed by atoms with Gasteiger partial charge < -0.3 is 14.8 Å². The van der Waals surface area contributed by atoms with Crippen LogP contribution in [-0.4, -0.2) is 19.8 Å². The first kappa shape index (κ1) is 10.7. The first-order chi connectivity index (χ1) is 8.88. The second-order valence-electron chi connectivity index (χ2n) is 5.63. The highest BCUT2D eigenvalue weighted by molar-refractivity contribution is 5.46. The van der Waals surface area contributed by atoms with Gasteiger partial charge in [-0.1, -0.05) is 6.07 Å². The summed E-state index contributed by atoms with van der Waals surface area (Å²) in [7, 11) is 0. The summed E-state index contributed by atoms with van der Waals surface area (Å²) in [6, 6.07) is 6.50. The van der Waals surface area contributed by atoms with E-state index in [4.69, 9.17) is 9.47 Å². The molecule has 2 fully saturated rings. The van der Waals surface area contributed by atoms with Crippen LogP contribution in [0.3, 0.4) is 0 Å². The van der Waals surface area contributed by atoms with Crippen LogP contribution in [0.2, 0.25) is 0 Å². The van der Waals surface area contributed by atoms with Crippen molar-refractivity contribution >= 4 is 0 Å². The molecule has 0 aromatic heterocycles. The SMILES string of the molecule is c1cc2c(cc1C1(C3CC3)CCCN1)OCCO2. The summed E-state index contributed by atoms with van der Waals surface area (Å²) in [5.41, 5.74) is 1.61. The molecule has 1 N–H and O–H groups in total. The summed E-state index contributed by atoms with van der Waals surface area (Å²) in [5.74, 6) is 2.64. The van der Waals surface area contributed by atoms with Crippen molar-refractivity contribution < 1.29 is 9.47 Å². The molecular weight excluding hydrogens is 226 g/mol. The fraction of sp³-hybridized carbons (Fsp3) is 0.600. The third kappa shape index (κ3) is 1.53. The lowest BCUT2D eigenvalue weighted by Crippen LogP contribution is -2.39. The number of nitrogens with one attached hydrogen (secondary N) is 1. The van der Waals surface area contributed by atoms with Gasteiger partial charge in [0.15, 0.2) is 11.5 Å². The summed E-state index contributed by atoms with van der Waals surface area (Å²) in [6.07, 6.45) is 5.27. The van der Waals surface area contributed by atoms with Gasteiger partial charge in [-0.05, 0) is 55.8 Å². The van der Waals surface area contributed by atoms with E-state index in [0.29, 0.717) is 13.2 Å². The Morgan fingerprint density at radius 3 is 2.67 bits per heavy atom. The highest BCUT2D eigenvalue weighted by atomic mass is 16.6. The van der Waals surface area contributed by atoms with Crippen molar-refractivity contribution in [1.29, 1.82) is 0 Å². The van der Waals surface area contributed by atoms with E-state index in [1.165, 1.54) is 31.2 Å². The molecule has 1 aromatic carbocycles. The maximum absolute atomic E-state index is 5.72. The lowest BCUT2D eigenvalue weighted by Gasteiger charge is -2.31. The van der Waals surface area contributed by atoms with Crippen LogP contribution in [0.15, 0.2) is 18.2 Å². The van der Waals surface area contributed by atoms with E-state index in [1.54, 1.807) is 0 Å². The fourth-order valence-electron chi connectivity index (χ4n) is 3.49. The van der Waals surface area contributed by atoms with E-state index in [1.807, 2.05) is 0 Å². The molecule has 4 rings (SSSR count). The molecule has 1 unspecified atom stereocenters. The zero-order chi connectivity index (χ0) is 12.0. The first-order valence-electron chi connectivity index (χ1n) is 7.04. The van der Waals surface area contributed by atoms with Gasteiger partial charge >= 0.3 is 0 Å². The predicted octanol–water partition coefficient (Wildman–Crippen LogP) is 2.45. The predicted molar refractivity (Wildman–Crippen MR) is 69.1 cm³/mol. The average Bonchev–Trinajstić information content (AvgIpc) is 3.17. The Balaban J connectivity index is 1.74. The van der Waals surface area contributed by atoms with E-state index < -0.39 is 0 Å². The molecule has 0 bridgehead atoms. The number of hydrogen-bond donors (Lipinski definition) is 1. The van der Waals surface area contributed by atoms with Gasteiger partial charge in [-0.15, -0.1) is 0 Å². The Morgan fingerprint density at radius 2 is 1.94 bits per heavy atom. The van der Waals surface area contributed by atoms with E-state index in [0.717, 1.165) is 24.0 Å². The topological polar surface area (TPSA) is 30.5 Å². The van der Waals surface area contributed by atoms with Gasteiger partial charge in [0.2, 0.25) is 0 Å². The lowest BCUT2D eigenvalue weighted by atomic mass is 9.83. The van der Waals surface area contributed by atoms with Gasteiger partial charge in [0.1, 0.15) is 13.2 Å². The third-order valence-electron chi connectivity index (χ3n) is 4.52. The Kier molecular flexibility index (Phi) is 2.31. The molecule has 0 radical (unpaired) electrons. The second kappa shape index (κ2) is 3.89. The fourth-order valence-corrected chi connectivity index (χ4v) is 3.49. The van der Waals surface area contributed by atoms with Gasteiger partial charge in [-0.3, -0.25) is 0 Å². The minimum Gasteiger partial charge on any atom is -0.486 e. The molecule has 3 heteroatoms. The molecule has 3 nitrogen and oxygen atoms in total. The summed E-state index contributed by atoms with van der Waals surface area (Å²) in [4.78, 5) is 0. The molecule has 3 aliphatic rings. The maximum atomic E-state index is 5.72. The largest absolute Gasteiger partial charge is 0.486 e. The molecule has 1 saturated heterocycles. The van der Waals surface area contributed by atoms with Gasteiger partial charge in [0.25, 0.3) is 0 Å². The van der Waals surface area contributed by atoms with Crippen LogP contribution in [0, 0.1) is 5.92 Å². The van der Waals surface area contributed by atoms with Crippen LogP contribution in [0.4, 0.5) is 0 Å². The smallest absolute Gasteiger partial charge is 0.161 e. The molecular formula is C15H19NO2. The number of hydrogen-bond acceptors (Lipinski definition) is 3. The van der Waals surface area contributed by atoms with Crippen molar-refractivity contribution in [3.8, 4) is 11.5 Å². The van der Waals surface area contributed by atoms with Crippen LogP contribution in [0.1, 0.15) is 31.2 Å². The number of fused-ring (bicyclic) bond motifs is 1. The standard InChI is InChI=1S/C15H19NO2/c1-6-15(16-7-1,11-2-3-11)12-4-5-13-14(10-12)18-9-8-17-13/h4-5,10-11,16H,1-3,6-9H2. The van der Waals surface area contributed by atoms with E-state index in [-0.39, 0.29) is 5.54 Å². The van der Waals surface area contributed by atoms with Crippen LogP contribution in [0.25, 0.3) is 0 Å². The van der Waals surface area contributed by atoms with E-state index in [9.17, 15) is 0 Å². The van der Waals surface area contributed by atoms with Crippen molar-refractivity contribution in [2.45, 2.75) is 31.2 Å². The van der Waals surface area contributed by atoms with Crippen molar-refractivity contribution in [3.63, 3.8) is 0 Å². The molecule has 1 saturated carbocycles. The van der Waals surface area contributed by atoms with Crippen molar-refractivity contribution in [2.24, 2.45) is 5.92 Å². The summed E-state index contributed by atoms with van der Waals surface area (Å²) in [6.45, 7) is 2.48. The number of ether oxygens (including phenoxy) is 2. The Bertz CT molecular complexity index is 462. The highest BCUT2D eigenvalue weighted by Gasteiger charge is 2.48. The van der Waals surface area contributed by atoms with E-state index in [2.05, 4.69) is 23.5 Å². The summed E-state index contributed by atoms with van der Waals surface area (Å²) < 4.78 is 11.3. The zero-order valence-electron chi connectivity index (χ0n) is 10.6. The molecule has 2 aliphatic heterocycles. The molecule has 1 aliphatic carbocycles. The monoisotopic (exact) mass is 245 g/mol. The lowest BCUT2D eigenvalue weighted by molar-refractivity contribution is 0.170. The normalized spacial score (nSPS) is 30.4. The maximum Gasteiger partial charge on any atom is 0.161 e. The third-order valence-corrected chi connectivity index (χ3v) is 4.52. The molecule has 2 heterocycles. The minimum absolute atomic E-state index is 0.218.